The number of halogens is 1. The fourth-order valence-corrected chi connectivity index (χ4v) is 7.58. The third kappa shape index (κ3) is 6.59. The van der Waals surface area contributed by atoms with Gasteiger partial charge in [-0.3, -0.25) is 9.59 Å². The first-order valence-corrected chi connectivity index (χ1v) is 16.0. The van der Waals surface area contributed by atoms with Gasteiger partial charge in [0.15, 0.2) is 0 Å². The lowest BCUT2D eigenvalue weighted by atomic mass is 9.98. The van der Waals surface area contributed by atoms with Gasteiger partial charge in [-0.2, -0.15) is 0 Å². The number of aromatic nitrogens is 1. The third-order valence-electron chi connectivity index (χ3n) is 7.60. The molecule has 2 aliphatic heterocycles. The highest BCUT2D eigenvalue weighted by molar-refractivity contribution is 7.91. The molecule has 2 amide bonds. The van der Waals surface area contributed by atoms with Crippen molar-refractivity contribution in [2.24, 2.45) is 5.92 Å². The van der Waals surface area contributed by atoms with Gasteiger partial charge in [0.2, 0.25) is 9.84 Å². The first-order chi connectivity index (χ1) is 20.3. The van der Waals surface area contributed by atoms with Gasteiger partial charge in [-0.25, -0.2) is 13.4 Å². The minimum Gasteiger partial charge on any atom is -0.493 e. The molecule has 1 aromatic heterocycles. The van der Waals surface area contributed by atoms with E-state index < -0.39 is 21.7 Å². The predicted octanol–water partition coefficient (Wildman–Crippen LogP) is 5.28. The molecule has 3 aromatic carbocycles. The Hall–Kier alpha value is -3.77. The first kappa shape index (κ1) is 30.7. The number of sulfone groups is 1. The lowest BCUT2D eigenvalue weighted by Crippen LogP contribution is -2.32. The van der Waals surface area contributed by atoms with Gasteiger partial charge in [0.1, 0.15) is 10.8 Å². The molecule has 6 rings (SSSR count). The number of rotatable bonds is 7. The lowest BCUT2D eigenvalue weighted by Gasteiger charge is -2.28. The van der Waals surface area contributed by atoms with E-state index in [2.05, 4.69) is 27.6 Å². The highest BCUT2D eigenvalue weighted by Gasteiger charge is 2.31. The molecule has 2 N–H and O–H groups in total. The minimum absolute atomic E-state index is 0. The fraction of sp³-hybridized carbons (Fsp3) is 0.258. The molecule has 0 spiro atoms. The molecule has 0 bridgehead atoms. The van der Waals surface area contributed by atoms with Gasteiger partial charge in [0, 0.05) is 22.2 Å². The topological polar surface area (TPSA) is 118 Å². The van der Waals surface area contributed by atoms with Gasteiger partial charge in [-0.05, 0) is 93.5 Å². The Labute approximate surface area is 260 Å². The fourth-order valence-electron chi connectivity index (χ4n) is 5.13. The van der Waals surface area contributed by atoms with Gasteiger partial charge >= 0.3 is 0 Å². The number of nitrogens with one attached hydrogen (secondary N) is 2. The van der Waals surface area contributed by atoms with Crippen LogP contribution < -0.4 is 15.4 Å². The minimum atomic E-state index is -3.94. The number of ether oxygens (including phenoxy) is 1. The molecule has 2 aliphatic rings. The molecule has 4 aromatic rings. The Kier molecular flexibility index (Phi) is 9.16. The number of carbonyl (C=O) groups excluding carboxylic acids is 2. The number of thiazole rings is 1. The van der Waals surface area contributed by atoms with Crippen molar-refractivity contribution >= 4 is 51.1 Å². The maximum Gasteiger partial charge on any atom is 0.257 e. The van der Waals surface area contributed by atoms with Crippen LogP contribution in [0.4, 0.5) is 5.69 Å². The van der Waals surface area contributed by atoms with E-state index in [0.717, 1.165) is 53.7 Å². The molecule has 224 valence electrons. The van der Waals surface area contributed by atoms with Crippen molar-refractivity contribution in [3.8, 4) is 16.3 Å². The molecular weight excluding hydrogens is 608 g/mol. The molecule has 0 unspecified atom stereocenters. The summed E-state index contributed by atoms with van der Waals surface area (Å²) in [6.45, 7) is 3.21. The van der Waals surface area contributed by atoms with Gasteiger partial charge < -0.3 is 20.3 Å². The average molecular weight is 639 g/mol. The van der Waals surface area contributed by atoms with Crippen LogP contribution >= 0.6 is 23.7 Å². The van der Waals surface area contributed by atoms with Crippen molar-refractivity contribution in [3.05, 3.63) is 88.9 Å². The number of hydrogen-bond acceptors (Lipinski definition) is 8. The van der Waals surface area contributed by atoms with E-state index in [1.165, 1.54) is 41.7 Å². The van der Waals surface area contributed by atoms with Crippen LogP contribution in [0.2, 0.25) is 0 Å². The lowest BCUT2D eigenvalue weighted by molar-refractivity contribution is 0.0949. The van der Waals surface area contributed by atoms with Crippen LogP contribution in [0.1, 0.15) is 38.4 Å². The normalized spacial score (nSPS) is 16.2. The molecule has 0 saturated carbocycles. The van der Waals surface area contributed by atoms with Gasteiger partial charge in [0.25, 0.3) is 11.8 Å². The number of nitrogens with zero attached hydrogens (tertiary/aromatic N) is 2. The molecule has 1 saturated heterocycles. The molecule has 1 fully saturated rings. The van der Waals surface area contributed by atoms with E-state index >= 15 is 0 Å². The molecule has 12 heteroatoms. The van der Waals surface area contributed by atoms with Gasteiger partial charge in [-0.15, -0.1) is 23.7 Å². The van der Waals surface area contributed by atoms with E-state index in [1.807, 2.05) is 24.3 Å². The Morgan fingerprint density at radius 3 is 2.58 bits per heavy atom. The third-order valence-corrected chi connectivity index (χ3v) is 10.5. The van der Waals surface area contributed by atoms with Crippen LogP contribution in [0.3, 0.4) is 0 Å². The summed E-state index contributed by atoms with van der Waals surface area (Å²) < 4.78 is 32.4. The van der Waals surface area contributed by atoms with E-state index in [1.54, 1.807) is 18.3 Å². The van der Waals surface area contributed by atoms with Crippen LogP contribution in [0, 0.1) is 5.92 Å². The number of piperidine rings is 1. The summed E-state index contributed by atoms with van der Waals surface area (Å²) in [7, 11) is -1.78. The zero-order chi connectivity index (χ0) is 29.3. The summed E-state index contributed by atoms with van der Waals surface area (Å²) in [5.74, 6) is 0.495. The Balaban J connectivity index is 0.00000368. The SMILES string of the molecule is CN1CCC(COc2ccc(-c3ncc(CNC(=O)c4ccc5c(c4)NC(=O)c4ccccc4S5(=O)=O)s3)cc2)CC1.Cl. The summed E-state index contributed by atoms with van der Waals surface area (Å²) in [5, 5.41) is 6.33. The number of amides is 2. The molecule has 0 atom stereocenters. The molecule has 3 heterocycles. The second kappa shape index (κ2) is 12.8. The standard InChI is InChI=1S/C31H30N4O5S2.ClH/c1-35-14-12-20(13-15-35)19-40-23-9-6-21(7-10-23)31-33-18-24(41-31)17-32-29(36)22-8-11-28-26(16-22)34-30(37)25-4-2-3-5-27(25)42(28,38)39;/h2-11,16,18,20H,12-15,17,19H2,1H3,(H,32,36)(H,34,37);1H. The van der Waals surface area contributed by atoms with Crippen molar-refractivity contribution in [3.63, 3.8) is 0 Å². The molecule has 0 radical (unpaired) electrons. The number of likely N-dealkylation sites (tertiary alicyclic amines) is 1. The highest BCUT2D eigenvalue weighted by Crippen LogP contribution is 2.34. The van der Waals surface area contributed by atoms with Crippen molar-refractivity contribution in [1.82, 2.24) is 15.2 Å². The Morgan fingerprint density at radius 2 is 1.81 bits per heavy atom. The smallest absolute Gasteiger partial charge is 0.257 e. The van der Waals surface area contributed by atoms with Gasteiger partial charge in [-0.1, -0.05) is 12.1 Å². The molecular formula is C31H31ClN4O5S2. The maximum absolute atomic E-state index is 13.2. The monoisotopic (exact) mass is 638 g/mol. The van der Waals surface area contributed by atoms with Crippen molar-refractivity contribution < 1.29 is 22.7 Å². The van der Waals surface area contributed by atoms with Crippen molar-refractivity contribution in [2.75, 3.05) is 32.1 Å². The maximum atomic E-state index is 13.2. The highest BCUT2D eigenvalue weighted by atomic mass is 35.5. The van der Waals surface area contributed by atoms with E-state index in [0.29, 0.717) is 5.92 Å². The number of benzene rings is 3. The molecule has 9 nitrogen and oxygen atoms in total. The Morgan fingerprint density at radius 1 is 1.07 bits per heavy atom. The summed E-state index contributed by atoms with van der Waals surface area (Å²) in [4.78, 5) is 33.3. The van der Waals surface area contributed by atoms with Crippen LogP contribution in [0.5, 0.6) is 5.75 Å². The first-order valence-electron chi connectivity index (χ1n) is 13.7. The van der Waals surface area contributed by atoms with Crippen LogP contribution in [0.15, 0.2) is 82.7 Å². The van der Waals surface area contributed by atoms with E-state index in [4.69, 9.17) is 4.74 Å². The zero-order valence-electron chi connectivity index (χ0n) is 23.4. The second-order valence-electron chi connectivity index (χ2n) is 10.6. The Bertz CT molecular complexity index is 1750. The van der Waals surface area contributed by atoms with Crippen LogP contribution in [-0.2, 0) is 16.4 Å². The molecule has 0 aliphatic carbocycles. The van der Waals surface area contributed by atoms with Crippen LogP contribution in [0.25, 0.3) is 10.6 Å². The number of hydrogen-bond donors (Lipinski definition) is 2. The predicted molar refractivity (Wildman–Crippen MR) is 168 cm³/mol. The summed E-state index contributed by atoms with van der Waals surface area (Å²) >= 11 is 1.48. The zero-order valence-corrected chi connectivity index (χ0v) is 25.9. The van der Waals surface area contributed by atoms with Gasteiger partial charge in [0.05, 0.1) is 34.2 Å². The number of fused-ring (bicyclic) bond motifs is 2. The van der Waals surface area contributed by atoms with E-state index in [-0.39, 0.29) is 45.6 Å². The second-order valence-corrected chi connectivity index (χ2v) is 13.6. The summed E-state index contributed by atoms with van der Waals surface area (Å²) in [5.41, 5.74) is 1.34. The average Bonchev–Trinajstić information content (AvgIpc) is 3.46. The van der Waals surface area contributed by atoms with Crippen LogP contribution in [-0.4, -0.2) is 56.9 Å². The molecule has 43 heavy (non-hydrogen) atoms. The number of carbonyl (C=O) groups is 2. The van der Waals surface area contributed by atoms with Crippen molar-refractivity contribution in [1.29, 1.82) is 0 Å². The summed E-state index contributed by atoms with van der Waals surface area (Å²) in [6, 6.07) is 18.1. The van der Waals surface area contributed by atoms with E-state index in [9.17, 15) is 18.0 Å². The summed E-state index contributed by atoms with van der Waals surface area (Å²) in [6.07, 6.45) is 4.05. The number of anilines is 1. The van der Waals surface area contributed by atoms with Crippen molar-refractivity contribution in [2.45, 2.75) is 29.2 Å². The quantitative estimate of drug-likeness (QED) is 0.283. The largest absolute Gasteiger partial charge is 0.493 e.